The number of halogens is 3. The Bertz CT molecular complexity index is 3060. The minimum Gasteiger partial charge on any atom is -0.495 e. The smallest absolute Gasteiger partial charge is 0.409 e. The van der Waals surface area contributed by atoms with Gasteiger partial charge in [-0.05, 0) is 101 Å². The number of benzene rings is 2. The SMILES string of the molecule is COc1cc2cc(c1Cl)N(C)C(=O)C[C@H](OC(=O)[C@H](C)N(C)C(=O)c1ccc(NC(=O)[C@H](CCCNC(N)=O)NC(=O)[C@@H](NC(C=O)CCCCOC(=O)C(CBr)CBr)C(C)C)c(N3CCOCC3)c1)[C@]1(C)O[C@H]1[C@H](C)[C@@H]1C[C@@](O)(NC(=O)O1)[C@H](OC)/C=C/C=C(\C)C2. The molecule has 4 bridgehead atoms. The summed E-state index contributed by atoms with van der Waals surface area (Å²) >= 11 is 13.5. The highest BCUT2D eigenvalue weighted by atomic mass is 79.9. The normalized spacial score (nSPS) is 24.7. The van der Waals surface area contributed by atoms with Gasteiger partial charge in [-0.2, -0.15) is 0 Å². The predicted octanol–water partition coefficient (Wildman–Crippen LogP) is 5.84. The molecule has 8 N–H and O–H groups in total. The number of unbranched alkanes of at least 4 members (excludes halogenated alkanes) is 1. The van der Waals surface area contributed by atoms with Gasteiger partial charge in [0.25, 0.3) is 5.91 Å². The van der Waals surface area contributed by atoms with Gasteiger partial charge < -0.3 is 79.4 Å². The number of hydrogen-bond acceptors (Lipinski definition) is 19. The number of urea groups is 1. The third-order valence-electron chi connectivity index (χ3n) is 17.3. The molecule has 4 heterocycles. The molecule has 11 atom stereocenters. The van der Waals surface area contributed by atoms with Crippen LogP contribution in [0.4, 0.5) is 26.7 Å². The number of primary amides is 1. The summed E-state index contributed by atoms with van der Waals surface area (Å²) in [6.07, 6.45) is 2.28. The molecule has 93 heavy (non-hydrogen) atoms. The van der Waals surface area contributed by atoms with Gasteiger partial charge in [-0.25, -0.2) is 14.4 Å². The van der Waals surface area contributed by atoms with E-state index in [0.717, 1.165) is 11.1 Å². The van der Waals surface area contributed by atoms with Crippen LogP contribution in [0.2, 0.25) is 5.02 Å². The maximum absolute atomic E-state index is 14.7. The third-order valence-corrected chi connectivity index (χ3v) is 19.2. The first-order chi connectivity index (χ1) is 44.1. The van der Waals surface area contributed by atoms with Crippen molar-refractivity contribution < 1.29 is 81.4 Å². The lowest BCUT2D eigenvalue weighted by Gasteiger charge is -2.42. The Morgan fingerprint density at radius 1 is 0.989 bits per heavy atom. The lowest BCUT2D eigenvalue weighted by atomic mass is 9.83. The zero-order valence-corrected chi connectivity index (χ0v) is 58.3. The van der Waals surface area contributed by atoms with Crippen LogP contribution in [0.15, 0.2) is 54.1 Å². The summed E-state index contributed by atoms with van der Waals surface area (Å²) in [5.41, 5.74) is 4.77. The fourth-order valence-corrected chi connectivity index (χ4v) is 13.3. The number of amides is 7. The van der Waals surface area contributed by atoms with Gasteiger partial charge in [0.2, 0.25) is 17.7 Å². The number of alkyl halides is 2. The number of alkyl carbamates (subject to hydrolysis) is 1. The molecular formula is C64H90Br2ClN9O17. The van der Waals surface area contributed by atoms with Crippen molar-refractivity contribution in [3.05, 3.63) is 70.3 Å². The van der Waals surface area contributed by atoms with E-state index in [1.165, 1.54) is 57.2 Å². The molecular weight excluding hydrogens is 1360 g/mol. The average Bonchev–Trinajstić information content (AvgIpc) is 1.58. The number of epoxide rings is 1. The van der Waals surface area contributed by atoms with E-state index in [0.29, 0.717) is 86.1 Å². The van der Waals surface area contributed by atoms with E-state index < -0.39 is 114 Å². The van der Waals surface area contributed by atoms with Gasteiger partial charge in [0.1, 0.15) is 53.1 Å². The van der Waals surface area contributed by atoms with Crippen LogP contribution in [0.1, 0.15) is 102 Å². The van der Waals surface area contributed by atoms with E-state index in [4.69, 9.17) is 50.5 Å². The van der Waals surface area contributed by atoms with Crippen LogP contribution < -0.4 is 46.9 Å². The van der Waals surface area contributed by atoms with Crippen molar-refractivity contribution in [3.63, 3.8) is 0 Å². The Kier molecular flexibility index (Phi) is 28.3. The molecule has 2 aromatic rings. The van der Waals surface area contributed by atoms with Crippen LogP contribution in [0, 0.1) is 17.8 Å². The third kappa shape index (κ3) is 20.1. The molecule has 3 fully saturated rings. The standard InChI is InChI=1S/C64H90Br2ClN9O17/c1-36(2)54(70-43(35-77)16-11-12-24-90-60(83)42(33-65)34-66)57(80)72-45(17-14-21-69-61(68)84)56(79)71-44-20-19-41(30-46(44)76-22-25-89-26-23-76)58(81)74(7)39(5)59(82)92-51-31-52(78)75(8)47-28-40(29-48(87-9)53(47)67)27-37(3)15-13-18-50(88-10)64(86)32-49(91-62(85)73-64)38(4)55-63(51,6)93-55/h13,15,18-20,28-30,35-36,38-39,42-43,45,49-51,54-55,70,86H,11-12,14,16-17,21-27,31-34H2,1-10H3,(H,71,79)(H,72,80)(H,73,85)(H3,68,69,84)/b18-13+,37-15+/t38-,39+,43?,45+,49+,50-,51+,54+,55+,63+,64+/m1/s1. The predicted molar refractivity (Wildman–Crippen MR) is 355 cm³/mol. The van der Waals surface area contributed by atoms with E-state index in [9.17, 15) is 48.3 Å². The lowest BCUT2D eigenvalue weighted by molar-refractivity contribution is -0.158. The number of carbonyl (C=O) groups excluding carboxylic acids is 9. The number of nitrogens with one attached hydrogen (secondary N) is 5. The minimum atomic E-state index is -1.92. The minimum absolute atomic E-state index is 0.0445. The highest BCUT2D eigenvalue weighted by Gasteiger charge is 2.64. The Morgan fingerprint density at radius 3 is 2.34 bits per heavy atom. The number of esters is 2. The van der Waals surface area contributed by atoms with E-state index in [1.54, 1.807) is 58.0 Å². The molecule has 2 aromatic carbocycles. The monoisotopic (exact) mass is 1450 g/mol. The molecule has 0 radical (unpaired) electrons. The van der Waals surface area contributed by atoms with Crippen molar-refractivity contribution in [1.29, 1.82) is 0 Å². The Labute approximate surface area is 565 Å². The molecule has 6 rings (SSSR count). The van der Waals surface area contributed by atoms with Gasteiger partial charge in [0.15, 0.2) is 5.72 Å². The number of allylic oxidation sites excluding steroid dienone is 3. The van der Waals surface area contributed by atoms with Gasteiger partial charge in [0.05, 0.1) is 74.5 Å². The van der Waals surface area contributed by atoms with E-state index in [2.05, 4.69) is 58.4 Å². The zero-order valence-electron chi connectivity index (χ0n) is 54.4. The van der Waals surface area contributed by atoms with Crippen molar-refractivity contribution >= 4 is 115 Å². The summed E-state index contributed by atoms with van der Waals surface area (Å²) in [5, 5.41) is 27.0. The number of carbonyl (C=O) groups is 9. The number of hydrogen-bond donors (Lipinski definition) is 7. The quantitative estimate of drug-likeness (QED) is 0.0138. The topological polar surface area (TPSA) is 338 Å². The Balaban J connectivity index is 1.24. The highest BCUT2D eigenvalue weighted by Crippen LogP contribution is 2.49. The molecule has 1 unspecified atom stereocenters. The number of methoxy groups -OCH3 is 2. The second-order valence-corrected chi connectivity index (χ2v) is 26.1. The van der Waals surface area contributed by atoms with E-state index in [1.807, 2.05) is 17.9 Å². The fourth-order valence-electron chi connectivity index (χ4n) is 11.4. The van der Waals surface area contributed by atoms with E-state index >= 15 is 0 Å². The van der Waals surface area contributed by atoms with Crippen molar-refractivity contribution in [1.82, 2.24) is 26.2 Å². The molecule has 0 aliphatic carbocycles. The van der Waals surface area contributed by atoms with Crippen molar-refractivity contribution in [3.8, 4) is 5.75 Å². The van der Waals surface area contributed by atoms with Crippen LogP contribution in [-0.2, 0) is 63.6 Å². The molecule has 0 aromatic heterocycles. The van der Waals surface area contributed by atoms with Gasteiger partial charge in [-0.15, -0.1) is 0 Å². The largest absolute Gasteiger partial charge is 0.495 e. The number of rotatable bonds is 27. The van der Waals surface area contributed by atoms with Crippen LogP contribution in [0.3, 0.4) is 0 Å². The van der Waals surface area contributed by atoms with E-state index in [-0.39, 0.29) is 66.5 Å². The zero-order chi connectivity index (χ0) is 68.5. The molecule has 29 heteroatoms. The van der Waals surface area contributed by atoms with Gasteiger partial charge >= 0.3 is 24.1 Å². The second kappa shape index (κ2) is 34.8. The molecule has 3 saturated heterocycles. The van der Waals surface area contributed by atoms with Gasteiger partial charge in [0, 0.05) is 69.4 Å². The first kappa shape index (κ1) is 75.6. The van der Waals surface area contributed by atoms with Crippen LogP contribution in [0.25, 0.3) is 0 Å². The fraction of sp³-hybridized carbons (Fsp3) is 0.609. The molecule has 0 spiro atoms. The molecule has 26 nitrogen and oxygen atoms in total. The maximum Gasteiger partial charge on any atom is 0.409 e. The summed E-state index contributed by atoms with van der Waals surface area (Å²) in [5.74, 6) is -4.62. The lowest BCUT2D eigenvalue weighted by Crippen LogP contribution is -2.63. The average molecular weight is 1450 g/mol. The summed E-state index contributed by atoms with van der Waals surface area (Å²) in [6, 6.07) is 3.18. The molecule has 4 aliphatic heterocycles. The number of morpholine rings is 1. The Morgan fingerprint density at radius 2 is 1.70 bits per heavy atom. The van der Waals surface area contributed by atoms with Crippen molar-refractivity contribution in [2.75, 3.05) is 93.5 Å². The number of ether oxygens (including phenoxy) is 7. The Hall–Kier alpha value is -6.40. The number of aliphatic hydroxyl groups is 1. The number of nitrogens with two attached hydrogens (primary N) is 1. The summed E-state index contributed by atoms with van der Waals surface area (Å²) < 4.78 is 40.9. The molecule has 514 valence electrons. The maximum atomic E-state index is 14.7. The number of likely N-dealkylation sites (N-methyl/N-ethyl adjacent to an activating group) is 1. The number of nitrogens with zero attached hydrogens (tertiary/aromatic N) is 3. The summed E-state index contributed by atoms with van der Waals surface area (Å²) in [7, 11) is 5.81. The number of anilines is 3. The first-order valence-electron chi connectivity index (χ1n) is 31.1. The first-order valence-corrected chi connectivity index (χ1v) is 33.7. The van der Waals surface area contributed by atoms with Gasteiger partial charge in [-0.1, -0.05) is 88.0 Å². The van der Waals surface area contributed by atoms with Gasteiger partial charge in [-0.3, -0.25) is 34.6 Å². The summed E-state index contributed by atoms with van der Waals surface area (Å²) in [4.78, 5) is 127. The number of fused-ring (bicyclic) bond motifs is 5. The van der Waals surface area contributed by atoms with Crippen molar-refractivity contribution in [2.45, 2.75) is 153 Å². The summed E-state index contributed by atoms with van der Waals surface area (Å²) in [6.45, 7) is 12.0. The van der Waals surface area contributed by atoms with Crippen LogP contribution >= 0.6 is 43.5 Å². The molecule has 4 aliphatic rings. The second-order valence-electron chi connectivity index (χ2n) is 24.4. The van der Waals surface area contributed by atoms with Crippen LogP contribution in [0.5, 0.6) is 5.75 Å². The number of aldehydes is 1. The molecule has 0 saturated carbocycles. The van der Waals surface area contributed by atoms with Crippen molar-refractivity contribution in [2.24, 2.45) is 23.5 Å². The van der Waals surface area contributed by atoms with Crippen LogP contribution in [-0.4, -0.2) is 202 Å². The molecule has 7 amide bonds. The highest BCUT2D eigenvalue weighted by molar-refractivity contribution is 9.09.